The molecule has 2 saturated heterocycles. The lowest BCUT2D eigenvalue weighted by Gasteiger charge is -2.34. The predicted octanol–water partition coefficient (Wildman–Crippen LogP) is 1.34. The van der Waals surface area contributed by atoms with E-state index in [4.69, 9.17) is 4.74 Å². The molecule has 1 aromatic rings. The molecule has 2 fully saturated rings. The van der Waals surface area contributed by atoms with Crippen molar-refractivity contribution in [1.82, 2.24) is 10.2 Å². The second-order valence-electron chi connectivity index (χ2n) is 5.35. The SMILES string of the molecule is O=C(C1CCNC1)N1CCOC(c2ccccc2F)C1. The van der Waals surface area contributed by atoms with Crippen LogP contribution in [0.2, 0.25) is 0 Å². The van der Waals surface area contributed by atoms with Gasteiger partial charge in [0.05, 0.1) is 19.1 Å². The van der Waals surface area contributed by atoms with Crippen molar-refractivity contribution in [1.29, 1.82) is 0 Å². The van der Waals surface area contributed by atoms with E-state index in [1.807, 2.05) is 4.90 Å². The fraction of sp³-hybridized carbons (Fsp3) is 0.533. The van der Waals surface area contributed by atoms with Crippen LogP contribution in [-0.4, -0.2) is 43.6 Å². The Hall–Kier alpha value is -1.46. The monoisotopic (exact) mass is 278 g/mol. The Morgan fingerprint density at radius 3 is 3.00 bits per heavy atom. The second-order valence-corrected chi connectivity index (χ2v) is 5.35. The van der Waals surface area contributed by atoms with E-state index in [0.29, 0.717) is 25.3 Å². The van der Waals surface area contributed by atoms with Crippen LogP contribution in [0.1, 0.15) is 18.1 Å². The van der Waals surface area contributed by atoms with Gasteiger partial charge in [-0.3, -0.25) is 4.79 Å². The number of rotatable bonds is 2. The minimum Gasteiger partial charge on any atom is -0.370 e. The zero-order valence-corrected chi connectivity index (χ0v) is 11.3. The quantitative estimate of drug-likeness (QED) is 0.887. The smallest absolute Gasteiger partial charge is 0.227 e. The van der Waals surface area contributed by atoms with Crippen molar-refractivity contribution in [2.45, 2.75) is 12.5 Å². The Labute approximate surface area is 117 Å². The number of amides is 1. The van der Waals surface area contributed by atoms with Crippen LogP contribution in [-0.2, 0) is 9.53 Å². The van der Waals surface area contributed by atoms with Crippen molar-refractivity contribution < 1.29 is 13.9 Å². The molecule has 1 amide bonds. The average Bonchev–Trinajstić information content (AvgIpc) is 3.01. The van der Waals surface area contributed by atoms with Crippen molar-refractivity contribution in [3.63, 3.8) is 0 Å². The summed E-state index contributed by atoms with van der Waals surface area (Å²) in [5, 5.41) is 3.21. The number of hydrogen-bond donors (Lipinski definition) is 1. The van der Waals surface area contributed by atoms with Crippen LogP contribution < -0.4 is 5.32 Å². The highest BCUT2D eigenvalue weighted by molar-refractivity contribution is 5.79. The molecule has 3 rings (SSSR count). The predicted molar refractivity (Wildman–Crippen MR) is 72.6 cm³/mol. The van der Waals surface area contributed by atoms with Crippen molar-refractivity contribution in [3.8, 4) is 0 Å². The molecule has 0 aromatic heterocycles. The van der Waals surface area contributed by atoms with Gasteiger partial charge in [-0.1, -0.05) is 18.2 Å². The molecule has 4 nitrogen and oxygen atoms in total. The molecule has 20 heavy (non-hydrogen) atoms. The first-order chi connectivity index (χ1) is 9.75. The number of benzene rings is 1. The minimum atomic E-state index is -0.358. The molecule has 0 radical (unpaired) electrons. The molecular formula is C15H19FN2O2. The summed E-state index contributed by atoms with van der Waals surface area (Å²) in [7, 11) is 0. The molecule has 2 heterocycles. The number of carbonyl (C=O) groups is 1. The van der Waals surface area contributed by atoms with Crippen molar-refractivity contribution in [3.05, 3.63) is 35.6 Å². The normalized spacial score (nSPS) is 26.8. The number of ether oxygens (including phenoxy) is 1. The van der Waals surface area contributed by atoms with Crippen LogP contribution in [0.25, 0.3) is 0 Å². The third kappa shape index (κ3) is 2.69. The molecule has 1 N–H and O–H groups in total. The number of carbonyl (C=O) groups excluding carboxylic acids is 1. The highest BCUT2D eigenvalue weighted by Gasteiger charge is 2.32. The van der Waals surface area contributed by atoms with Crippen LogP contribution in [0.4, 0.5) is 4.39 Å². The molecule has 1 aromatic carbocycles. The van der Waals surface area contributed by atoms with Gasteiger partial charge in [0.2, 0.25) is 5.91 Å². The van der Waals surface area contributed by atoms with Crippen LogP contribution in [0, 0.1) is 11.7 Å². The Bertz CT molecular complexity index is 489. The summed E-state index contributed by atoms with van der Waals surface area (Å²) >= 11 is 0. The van der Waals surface area contributed by atoms with Gasteiger partial charge >= 0.3 is 0 Å². The number of morpholine rings is 1. The summed E-state index contributed by atoms with van der Waals surface area (Å²) in [6, 6.07) is 6.61. The number of nitrogens with one attached hydrogen (secondary N) is 1. The van der Waals surface area contributed by atoms with Gasteiger partial charge in [-0.05, 0) is 19.0 Å². The zero-order valence-electron chi connectivity index (χ0n) is 11.3. The standard InChI is InChI=1S/C15H19FN2O2/c16-13-4-2-1-3-12(13)14-10-18(7-8-20-14)15(19)11-5-6-17-9-11/h1-4,11,14,17H,5-10H2. The maximum Gasteiger partial charge on any atom is 0.227 e. The Morgan fingerprint density at radius 1 is 1.40 bits per heavy atom. The molecule has 2 unspecified atom stereocenters. The minimum absolute atomic E-state index is 0.0642. The van der Waals surface area contributed by atoms with Gasteiger partial charge in [-0.2, -0.15) is 0 Å². The van der Waals surface area contributed by atoms with Gasteiger partial charge in [0.1, 0.15) is 11.9 Å². The van der Waals surface area contributed by atoms with Gasteiger partial charge in [0, 0.05) is 18.7 Å². The van der Waals surface area contributed by atoms with Gasteiger partial charge in [-0.25, -0.2) is 4.39 Å². The van der Waals surface area contributed by atoms with Gasteiger partial charge < -0.3 is 15.0 Å². The van der Waals surface area contributed by atoms with E-state index in [2.05, 4.69) is 5.32 Å². The van der Waals surface area contributed by atoms with E-state index in [9.17, 15) is 9.18 Å². The molecule has 108 valence electrons. The number of hydrogen-bond acceptors (Lipinski definition) is 3. The summed E-state index contributed by atoms with van der Waals surface area (Å²) < 4.78 is 19.4. The summed E-state index contributed by atoms with van der Waals surface area (Å²) in [6.07, 6.45) is 0.531. The Kier molecular flexibility index (Phi) is 3.98. The zero-order chi connectivity index (χ0) is 13.9. The van der Waals surface area contributed by atoms with Gasteiger partial charge in [0.25, 0.3) is 0 Å². The van der Waals surface area contributed by atoms with E-state index in [-0.39, 0.29) is 23.7 Å². The van der Waals surface area contributed by atoms with Crippen molar-refractivity contribution >= 4 is 5.91 Å². The maximum atomic E-state index is 13.8. The van der Waals surface area contributed by atoms with Crippen LogP contribution >= 0.6 is 0 Å². The van der Waals surface area contributed by atoms with E-state index in [1.54, 1.807) is 18.2 Å². The van der Waals surface area contributed by atoms with E-state index in [0.717, 1.165) is 19.5 Å². The molecule has 5 heteroatoms. The summed E-state index contributed by atoms with van der Waals surface area (Å²) in [6.45, 7) is 3.15. The summed E-state index contributed by atoms with van der Waals surface area (Å²) in [5.41, 5.74) is 0.537. The highest BCUT2D eigenvalue weighted by Crippen LogP contribution is 2.25. The lowest BCUT2D eigenvalue weighted by atomic mass is 10.0. The van der Waals surface area contributed by atoms with E-state index in [1.165, 1.54) is 6.07 Å². The fourth-order valence-electron chi connectivity index (χ4n) is 2.90. The molecular weight excluding hydrogens is 259 g/mol. The topological polar surface area (TPSA) is 41.6 Å². The fourth-order valence-corrected chi connectivity index (χ4v) is 2.90. The number of nitrogens with zero attached hydrogens (tertiary/aromatic N) is 1. The highest BCUT2D eigenvalue weighted by atomic mass is 19.1. The third-order valence-electron chi connectivity index (χ3n) is 4.04. The summed E-state index contributed by atoms with van der Waals surface area (Å²) in [5.74, 6) is -0.0386. The van der Waals surface area contributed by atoms with Gasteiger partial charge in [-0.15, -0.1) is 0 Å². The summed E-state index contributed by atoms with van der Waals surface area (Å²) in [4.78, 5) is 14.2. The van der Waals surface area contributed by atoms with Crippen LogP contribution in [0.3, 0.4) is 0 Å². The van der Waals surface area contributed by atoms with Crippen LogP contribution in [0.5, 0.6) is 0 Å². The molecule has 0 spiro atoms. The molecule has 0 bridgehead atoms. The first kappa shape index (κ1) is 13.5. The molecule has 0 aliphatic carbocycles. The molecule has 2 aliphatic rings. The molecule has 2 atom stereocenters. The van der Waals surface area contributed by atoms with E-state index >= 15 is 0 Å². The average molecular weight is 278 g/mol. The Morgan fingerprint density at radius 2 is 2.25 bits per heavy atom. The Balaban J connectivity index is 1.70. The van der Waals surface area contributed by atoms with Crippen molar-refractivity contribution in [2.24, 2.45) is 5.92 Å². The van der Waals surface area contributed by atoms with Crippen molar-refractivity contribution in [2.75, 3.05) is 32.8 Å². The lowest BCUT2D eigenvalue weighted by Crippen LogP contribution is -2.45. The lowest BCUT2D eigenvalue weighted by molar-refractivity contribution is -0.142. The van der Waals surface area contributed by atoms with Crippen LogP contribution in [0.15, 0.2) is 24.3 Å². The maximum absolute atomic E-state index is 13.8. The second kappa shape index (κ2) is 5.89. The largest absolute Gasteiger partial charge is 0.370 e. The number of halogens is 1. The molecule has 2 aliphatic heterocycles. The first-order valence-electron chi connectivity index (χ1n) is 7.11. The first-order valence-corrected chi connectivity index (χ1v) is 7.11. The van der Waals surface area contributed by atoms with E-state index < -0.39 is 0 Å². The molecule has 0 saturated carbocycles. The third-order valence-corrected chi connectivity index (χ3v) is 4.04. The van der Waals surface area contributed by atoms with Gasteiger partial charge in [0.15, 0.2) is 0 Å².